The smallest absolute Gasteiger partial charge is 0.223 e. The van der Waals surface area contributed by atoms with Crippen molar-refractivity contribution in [1.29, 1.82) is 5.26 Å². The highest BCUT2D eigenvalue weighted by molar-refractivity contribution is 5.77. The molecule has 0 aromatic rings. The minimum atomic E-state index is 0.0956. The molecule has 4 saturated carbocycles. The molecule has 138 valence electrons. The first-order valence-electron chi connectivity index (χ1n) is 10.4. The lowest BCUT2D eigenvalue weighted by atomic mass is 9.52. The minimum absolute atomic E-state index is 0.0956. The monoisotopic (exact) mass is 344 g/mol. The molecule has 5 rings (SSSR count). The van der Waals surface area contributed by atoms with Crippen LogP contribution in [0.2, 0.25) is 0 Å². The quantitative estimate of drug-likeness (QED) is 0.734. The van der Waals surface area contributed by atoms with Gasteiger partial charge in [0, 0.05) is 31.7 Å². The predicted molar refractivity (Wildman–Crippen MR) is 95.6 cm³/mol. The number of nitriles is 1. The summed E-state index contributed by atoms with van der Waals surface area (Å²) in [5.41, 5.74) is 0.0956. The molecule has 4 aliphatic carbocycles. The van der Waals surface area contributed by atoms with E-state index < -0.39 is 0 Å². The third-order valence-electron chi connectivity index (χ3n) is 7.43. The van der Waals surface area contributed by atoms with Gasteiger partial charge >= 0.3 is 0 Å². The molecular weight excluding hydrogens is 312 g/mol. The van der Waals surface area contributed by atoms with Crippen LogP contribution < -0.4 is 0 Å². The van der Waals surface area contributed by atoms with Gasteiger partial charge < -0.3 is 9.64 Å². The van der Waals surface area contributed by atoms with Crippen LogP contribution in [0.3, 0.4) is 0 Å². The number of hydrogen-bond acceptors (Lipinski definition) is 3. The Balaban J connectivity index is 1.44. The van der Waals surface area contributed by atoms with E-state index in [-0.39, 0.29) is 5.54 Å². The van der Waals surface area contributed by atoms with Crippen molar-refractivity contribution >= 4 is 5.91 Å². The van der Waals surface area contributed by atoms with Crippen LogP contribution in [0.5, 0.6) is 0 Å². The van der Waals surface area contributed by atoms with Gasteiger partial charge in [-0.3, -0.25) is 4.79 Å². The van der Waals surface area contributed by atoms with Crippen molar-refractivity contribution in [2.75, 3.05) is 19.8 Å². The van der Waals surface area contributed by atoms with Gasteiger partial charge in [-0.25, -0.2) is 0 Å². The number of carbonyl (C=O) groups excluding carboxylic acids is 1. The standard InChI is InChI=1S/C21H32N2O2/c22-6-1-7-23(20(24)3-2-16-4-8-25-9-5-16)21-13-17-10-18(14-21)12-19(11-17)15-21/h16-19H,1-5,7-15H2. The molecule has 0 atom stereocenters. The first-order chi connectivity index (χ1) is 12.2. The average Bonchev–Trinajstić information content (AvgIpc) is 2.60. The van der Waals surface area contributed by atoms with Crippen LogP contribution in [0.1, 0.15) is 70.6 Å². The molecule has 0 unspecified atom stereocenters. The summed E-state index contributed by atoms with van der Waals surface area (Å²) in [5.74, 6) is 3.47. The second-order valence-corrected chi connectivity index (χ2v) is 9.19. The molecule has 1 heterocycles. The molecule has 5 fully saturated rings. The van der Waals surface area contributed by atoms with Crippen LogP contribution >= 0.6 is 0 Å². The molecule has 25 heavy (non-hydrogen) atoms. The second-order valence-electron chi connectivity index (χ2n) is 9.19. The fraction of sp³-hybridized carbons (Fsp3) is 0.905. The molecule has 0 spiro atoms. The molecule has 4 nitrogen and oxygen atoms in total. The second kappa shape index (κ2) is 7.27. The number of ether oxygens (including phenoxy) is 1. The maximum absolute atomic E-state index is 13.2. The van der Waals surface area contributed by atoms with E-state index in [1.165, 1.54) is 38.5 Å². The van der Waals surface area contributed by atoms with Gasteiger partial charge in [0.25, 0.3) is 0 Å². The van der Waals surface area contributed by atoms with E-state index in [2.05, 4.69) is 11.0 Å². The van der Waals surface area contributed by atoms with E-state index >= 15 is 0 Å². The zero-order chi connectivity index (χ0) is 17.3. The lowest BCUT2D eigenvalue weighted by Gasteiger charge is -2.60. The highest BCUT2D eigenvalue weighted by atomic mass is 16.5. The fourth-order valence-corrected chi connectivity index (χ4v) is 6.68. The van der Waals surface area contributed by atoms with E-state index in [4.69, 9.17) is 10.00 Å². The summed E-state index contributed by atoms with van der Waals surface area (Å²) in [6.45, 7) is 2.35. The topological polar surface area (TPSA) is 53.3 Å². The highest BCUT2D eigenvalue weighted by Crippen LogP contribution is 2.58. The fourth-order valence-electron chi connectivity index (χ4n) is 6.68. The zero-order valence-electron chi connectivity index (χ0n) is 15.4. The molecule has 0 aromatic carbocycles. The Kier molecular flexibility index (Phi) is 5.04. The van der Waals surface area contributed by atoms with Gasteiger partial charge in [0.15, 0.2) is 0 Å². The molecule has 4 bridgehead atoms. The maximum atomic E-state index is 13.2. The zero-order valence-corrected chi connectivity index (χ0v) is 15.4. The van der Waals surface area contributed by atoms with Gasteiger partial charge in [-0.05, 0) is 81.5 Å². The Morgan fingerprint density at radius 2 is 1.68 bits per heavy atom. The summed E-state index contributed by atoms with van der Waals surface area (Å²) in [6, 6.07) is 2.28. The van der Waals surface area contributed by atoms with Crippen molar-refractivity contribution in [3.63, 3.8) is 0 Å². The van der Waals surface area contributed by atoms with E-state index in [1.54, 1.807) is 0 Å². The Morgan fingerprint density at radius 1 is 1.08 bits per heavy atom. The Bertz CT molecular complexity index is 497. The number of hydrogen-bond donors (Lipinski definition) is 0. The normalized spacial score (nSPS) is 37.0. The number of amides is 1. The molecule has 0 N–H and O–H groups in total. The van der Waals surface area contributed by atoms with Gasteiger partial charge in [-0.2, -0.15) is 5.26 Å². The van der Waals surface area contributed by atoms with E-state index in [0.717, 1.165) is 50.2 Å². The lowest BCUT2D eigenvalue weighted by molar-refractivity contribution is -0.151. The van der Waals surface area contributed by atoms with Crippen LogP contribution in [-0.2, 0) is 9.53 Å². The minimum Gasteiger partial charge on any atom is -0.381 e. The van der Waals surface area contributed by atoms with Crippen LogP contribution in [0, 0.1) is 35.0 Å². The highest BCUT2D eigenvalue weighted by Gasteiger charge is 2.54. The van der Waals surface area contributed by atoms with E-state index in [0.29, 0.717) is 31.2 Å². The van der Waals surface area contributed by atoms with Crippen molar-refractivity contribution in [3.05, 3.63) is 0 Å². The number of nitrogens with zero attached hydrogens (tertiary/aromatic N) is 2. The van der Waals surface area contributed by atoms with Gasteiger partial charge in [-0.1, -0.05) is 0 Å². The van der Waals surface area contributed by atoms with Crippen LogP contribution in [-0.4, -0.2) is 36.1 Å². The molecular formula is C21H32N2O2. The average molecular weight is 344 g/mol. The van der Waals surface area contributed by atoms with Crippen molar-refractivity contribution in [2.45, 2.75) is 76.2 Å². The molecule has 1 aliphatic heterocycles. The van der Waals surface area contributed by atoms with Crippen molar-refractivity contribution in [2.24, 2.45) is 23.7 Å². The summed E-state index contributed by atoms with van der Waals surface area (Å²) in [7, 11) is 0. The van der Waals surface area contributed by atoms with Crippen molar-refractivity contribution < 1.29 is 9.53 Å². The van der Waals surface area contributed by atoms with Crippen molar-refractivity contribution in [1.82, 2.24) is 4.90 Å². The lowest BCUT2D eigenvalue weighted by Crippen LogP contribution is -2.61. The molecule has 0 radical (unpaired) electrons. The summed E-state index contributed by atoms with van der Waals surface area (Å²) in [4.78, 5) is 15.4. The predicted octanol–water partition coefficient (Wildman–Crippen LogP) is 3.90. The van der Waals surface area contributed by atoms with Crippen LogP contribution in [0.15, 0.2) is 0 Å². The van der Waals surface area contributed by atoms with E-state index in [1.807, 2.05) is 0 Å². The van der Waals surface area contributed by atoms with E-state index in [9.17, 15) is 4.79 Å². The largest absolute Gasteiger partial charge is 0.381 e. The Hall–Kier alpha value is -1.08. The first kappa shape index (κ1) is 17.3. The Morgan fingerprint density at radius 3 is 2.24 bits per heavy atom. The third kappa shape index (κ3) is 3.58. The SMILES string of the molecule is N#CCCN(C(=O)CCC1CCOCC1)C12CC3CC(CC(C3)C1)C2. The number of carbonyl (C=O) groups is 1. The summed E-state index contributed by atoms with van der Waals surface area (Å²) in [6.07, 6.45) is 12.1. The summed E-state index contributed by atoms with van der Waals surface area (Å²) >= 11 is 0. The molecule has 5 aliphatic rings. The molecule has 1 amide bonds. The van der Waals surface area contributed by atoms with Crippen LogP contribution in [0.25, 0.3) is 0 Å². The van der Waals surface area contributed by atoms with Gasteiger partial charge in [-0.15, -0.1) is 0 Å². The first-order valence-corrected chi connectivity index (χ1v) is 10.4. The van der Waals surface area contributed by atoms with Crippen molar-refractivity contribution in [3.8, 4) is 6.07 Å². The molecule has 1 saturated heterocycles. The summed E-state index contributed by atoms with van der Waals surface area (Å²) in [5, 5.41) is 9.11. The third-order valence-corrected chi connectivity index (χ3v) is 7.43. The molecule has 0 aromatic heterocycles. The van der Waals surface area contributed by atoms with Gasteiger partial charge in [0.1, 0.15) is 0 Å². The van der Waals surface area contributed by atoms with Gasteiger partial charge in [0.2, 0.25) is 5.91 Å². The van der Waals surface area contributed by atoms with Crippen LogP contribution in [0.4, 0.5) is 0 Å². The molecule has 4 heteroatoms. The van der Waals surface area contributed by atoms with Gasteiger partial charge in [0.05, 0.1) is 12.5 Å². The maximum Gasteiger partial charge on any atom is 0.223 e. The Labute approximate surface area is 151 Å². The number of rotatable bonds is 6. The summed E-state index contributed by atoms with van der Waals surface area (Å²) < 4.78 is 5.44.